The first-order valence-corrected chi connectivity index (χ1v) is 8.48. The van der Waals surface area contributed by atoms with Crippen LogP contribution in [0.3, 0.4) is 0 Å². The van der Waals surface area contributed by atoms with Crippen molar-refractivity contribution in [3.8, 4) is 5.75 Å². The molecule has 0 bridgehead atoms. The van der Waals surface area contributed by atoms with Crippen LogP contribution in [0.2, 0.25) is 0 Å². The molecule has 1 N–H and O–H groups in total. The summed E-state index contributed by atoms with van der Waals surface area (Å²) in [4.78, 5) is 12.3. The van der Waals surface area contributed by atoms with Crippen molar-refractivity contribution in [3.63, 3.8) is 0 Å². The van der Waals surface area contributed by atoms with E-state index in [4.69, 9.17) is 9.47 Å². The number of benzene rings is 2. The van der Waals surface area contributed by atoms with E-state index in [1.54, 1.807) is 12.1 Å². The van der Waals surface area contributed by atoms with Crippen LogP contribution in [0.5, 0.6) is 5.75 Å². The van der Waals surface area contributed by atoms with Crippen molar-refractivity contribution < 1.29 is 14.3 Å². The molecule has 0 aromatic heterocycles. The number of hydrogen-bond acceptors (Lipinski definition) is 3. The Morgan fingerprint density at radius 1 is 1.17 bits per heavy atom. The molecule has 2 aromatic rings. The molecular weight excluding hydrogens is 302 g/mol. The molecule has 1 fully saturated rings. The van der Waals surface area contributed by atoms with Gasteiger partial charge in [-0.2, -0.15) is 0 Å². The van der Waals surface area contributed by atoms with Gasteiger partial charge in [0, 0.05) is 18.7 Å². The number of rotatable bonds is 7. The van der Waals surface area contributed by atoms with Gasteiger partial charge in [0.25, 0.3) is 5.91 Å². The lowest BCUT2D eigenvalue weighted by atomic mass is 10.1. The molecule has 0 unspecified atom stereocenters. The third-order valence-corrected chi connectivity index (χ3v) is 4.10. The summed E-state index contributed by atoms with van der Waals surface area (Å²) in [5, 5.41) is 2.95. The number of carbonyl (C=O) groups is 1. The zero-order valence-corrected chi connectivity index (χ0v) is 13.7. The van der Waals surface area contributed by atoms with Crippen LogP contribution in [-0.4, -0.2) is 31.8 Å². The third-order valence-electron chi connectivity index (χ3n) is 4.10. The monoisotopic (exact) mass is 325 g/mol. The van der Waals surface area contributed by atoms with Crippen molar-refractivity contribution in [1.82, 2.24) is 5.32 Å². The Hall–Kier alpha value is -2.33. The Labute approximate surface area is 142 Å². The molecule has 0 saturated carbocycles. The Bertz CT molecular complexity index is 651. The Kier molecular flexibility index (Phi) is 5.85. The van der Waals surface area contributed by atoms with Gasteiger partial charge in [0.1, 0.15) is 12.4 Å². The maximum absolute atomic E-state index is 12.3. The van der Waals surface area contributed by atoms with Crippen molar-refractivity contribution in [2.45, 2.75) is 25.4 Å². The number of ether oxygens (including phenoxy) is 2. The maximum Gasteiger partial charge on any atom is 0.251 e. The number of amides is 1. The number of hydrogen-bond donors (Lipinski definition) is 1. The van der Waals surface area contributed by atoms with Gasteiger partial charge in [0.05, 0.1) is 6.10 Å². The smallest absolute Gasteiger partial charge is 0.251 e. The van der Waals surface area contributed by atoms with E-state index in [-0.39, 0.29) is 12.0 Å². The van der Waals surface area contributed by atoms with Gasteiger partial charge in [-0.05, 0) is 43.0 Å². The SMILES string of the molecule is O=C(NCCc1ccccc1)c1cccc(OC[C@@H]2CCCO2)c1. The van der Waals surface area contributed by atoms with Crippen LogP contribution in [0.25, 0.3) is 0 Å². The molecule has 2 aromatic carbocycles. The van der Waals surface area contributed by atoms with E-state index >= 15 is 0 Å². The van der Waals surface area contributed by atoms with Gasteiger partial charge < -0.3 is 14.8 Å². The quantitative estimate of drug-likeness (QED) is 0.850. The summed E-state index contributed by atoms with van der Waals surface area (Å²) in [5.74, 6) is 0.634. The summed E-state index contributed by atoms with van der Waals surface area (Å²) in [7, 11) is 0. The van der Waals surface area contributed by atoms with E-state index in [9.17, 15) is 4.79 Å². The van der Waals surface area contributed by atoms with Crippen molar-refractivity contribution in [1.29, 1.82) is 0 Å². The predicted octanol–water partition coefficient (Wildman–Crippen LogP) is 3.22. The van der Waals surface area contributed by atoms with Crippen molar-refractivity contribution in [2.24, 2.45) is 0 Å². The van der Waals surface area contributed by atoms with E-state index in [1.807, 2.05) is 30.3 Å². The van der Waals surface area contributed by atoms with E-state index in [0.717, 1.165) is 25.9 Å². The summed E-state index contributed by atoms with van der Waals surface area (Å²) in [6.07, 6.45) is 3.13. The summed E-state index contributed by atoms with van der Waals surface area (Å²) in [6.45, 7) is 1.97. The van der Waals surface area contributed by atoms with Crippen LogP contribution >= 0.6 is 0 Å². The van der Waals surface area contributed by atoms with Gasteiger partial charge in [-0.1, -0.05) is 36.4 Å². The molecule has 1 saturated heterocycles. The van der Waals surface area contributed by atoms with E-state index in [0.29, 0.717) is 24.5 Å². The average Bonchev–Trinajstić information content (AvgIpc) is 3.15. The minimum Gasteiger partial charge on any atom is -0.491 e. The zero-order chi connectivity index (χ0) is 16.6. The normalized spacial score (nSPS) is 16.8. The molecule has 126 valence electrons. The largest absolute Gasteiger partial charge is 0.491 e. The van der Waals surface area contributed by atoms with Crippen molar-refractivity contribution >= 4 is 5.91 Å². The van der Waals surface area contributed by atoms with Crippen molar-refractivity contribution in [3.05, 3.63) is 65.7 Å². The van der Waals surface area contributed by atoms with Crippen LogP contribution < -0.4 is 10.1 Å². The van der Waals surface area contributed by atoms with Crippen LogP contribution in [-0.2, 0) is 11.2 Å². The van der Waals surface area contributed by atoms with Gasteiger partial charge in [-0.15, -0.1) is 0 Å². The summed E-state index contributed by atoms with van der Waals surface area (Å²) in [5.41, 5.74) is 1.83. The zero-order valence-electron chi connectivity index (χ0n) is 13.7. The highest BCUT2D eigenvalue weighted by atomic mass is 16.5. The molecule has 1 amide bonds. The molecule has 3 rings (SSSR count). The lowest BCUT2D eigenvalue weighted by molar-refractivity contribution is 0.0679. The summed E-state index contributed by atoms with van der Waals surface area (Å²) >= 11 is 0. The fraction of sp³-hybridized carbons (Fsp3) is 0.350. The lowest BCUT2D eigenvalue weighted by Crippen LogP contribution is -2.25. The molecule has 1 aliphatic rings. The average molecular weight is 325 g/mol. The molecule has 1 aliphatic heterocycles. The fourth-order valence-corrected chi connectivity index (χ4v) is 2.76. The number of nitrogens with one attached hydrogen (secondary N) is 1. The van der Waals surface area contributed by atoms with E-state index < -0.39 is 0 Å². The molecule has 4 heteroatoms. The lowest BCUT2D eigenvalue weighted by Gasteiger charge is -2.12. The second-order valence-corrected chi connectivity index (χ2v) is 5.97. The topological polar surface area (TPSA) is 47.6 Å². The van der Waals surface area contributed by atoms with Gasteiger partial charge in [0.15, 0.2) is 0 Å². The Morgan fingerprint density at radius 2 is 2.04 bits per heavy atom. The first-order valence-electron chi connectivity index (χ1n) is 8.48. The van der Waals surface area contributed by atoms with Crippen LogP contribution in [0.15, 0.2) is 54.6 Å². The van der Waals surface area contributed by atoms with Gasteiger partial charge >= 0.3 is 0 Å². The second kappa shape index (κ2) is 8.50. The van der Waals surface area contributed by atoms with Crippen LogP contribution in [0, 0.1) is 0 Å². The summed E-state index contributed by atoms with van der Waals surface area (Å²) < 4.78 is 11.3. The summed E-state index contributed by atoms with van der Waals surface area (Å²) in [6, 6.07) is 17.4. The second-order valence-electron chi connectivity index (χ2n) is 5.97. The van der Waals surface area contributed by atoms with Gasteiger partial charge in [-0.3, -0.25) is 4.79 Å². The van der Waals surface area contributed by atoms with Gasteiger partial charge in [-0.25, -0.2) is 0 Å². The molecule has 4 nitrogen and oxygen atoms in total. The molecule has 0 spiro atoms. The minimum atomic E-state index is -0.0755. The minimum absolute atomic E-state index is 0.0755. The highest BCUT2D eigenvalue weighted by molar-refractivity contribution is 5.94. The standard InChI is InChI=1S/C20H23NO3/c22-20(21-12-11-16-6-2-1-3-7-16)17-8-4-9-18(14-17)24-15-19-10-5-13-23-19/h1-4,6-9,14,19H,5,10-13,15H2,(H,21,22)/t19-/m0/s1. The molecule has 1 atom stereocenters. The first kappa shape index (κ1) is 16.5. The van der Waals surface area contributed by atoms with Crippen molar-refractivity contribution in [2.75, 3.05) is 19.8 Å². The van der Waals surface area contributed by atoms with Crippen LogP contribution in [0.1, 0.15) is 28.8 Å². The Balaban J connectivity index is 1.48. The van der Waals surface area contributed by atoms with E-state index in [1.165, 1.54) is 5.56 Å². The molecule has 1 heterocycles. The number of carbonyl (C=O) groups excluding carboxylic acids is 1. The third kappa shape index (κ3) is 4.83. The molecular formula is C20H23NO3. The molecule has 24 heavy (non-hydrogen) atoms. The van der Waals surface area contributed by atoms with Crippen LogP contribution in [0.4, 0.5) is 0 Å². The highest BCUT2D eigenvalue weighted by Crippen LogP contribution is 2.17. The first-order chi connectivity index (χ1) is 11.8. The van der Waals surface area contributed by atoms with Gasteiger partial charge in [0.2, 0.25) is 0 Å². The highest BCUT2D eigenvalue weighted by Gasteiger charge is 2.16. The fourth-order valence-electron chi connectivity index (χ4n) is 2.76. The predicted molar refractivity (Wildman–Crippen MR) is 93.4 cm³/mol. The maximum atomic E-state index is 12.3. The van der Waals surface area contributed by atoms with E-state index in [2.05, 4.69) is 17.4 Å². The Morgan fingerprint density at radius 3 is 2.83 bits per heavy atom. The molecule has 0 radical (unpaired) electrons. The molecule has 0 aliphatic carbocycles.